The minimum Gasteiger partial charge on any atom is -0.299 e. The lowest BCUT2D eigenvalue weighted by atomic mass is 9.73. The molecule has 4 atom stereocenters. The van der Waals surface area contributed by atoms with E-state index < -0.39 is 0 Å². The Labute approximate surface area is 87.6 Å². The molecule has 0 spiro atoms. The molecule has 1 rings (SSSR count). The Morgan fingerprint density at radius 3 is 2.43 bits per heavy atom. The van der Waals surface area contributed by atoms with Crippen molar-refractivity contribution in [2.45, 2.75) is 41.0 Å². The van der Waals surface area contributed by atoms with Gasteiger partial charge in [-0.2, -0.15) is 0 Å². The van der Waals surface area contributed by atoms with Crippen LogP contribution in [0.15, 0.2) is 12.2 Å². The molecular formula is C13H22O. The summed E-state index contributed by atoms with van der Waals surface area (Å²) in [6, 6.07) is 0. The lowest BCUT2D eigenvalue weighted by Crippen LogP contribution is -2.31. The van der Waals surface area contributed by atoms with Gasteiger partial charge in [-0.3, -0.25) is 4.79 Å². The van der Waals surface area contributed by atoms with E-state index >= 15 is 0 Å². The van der Waals surface area contributed by atoms with Crippen molar-refractivity contribution in [3.8, 4) is 0 Å². The van der Waals surface area contributed by atoms with Gasteiger partial charge in [0.05, 0.1) is 0 Å². The first-order chi connectivity index (χ1) is 6.42. The van der Waals surface area contributed by atoms with Crippen molar-refractivity contribution in [2.24, 2.45) is 23.2 Å². The molecule has 1 heteroatoms. The van der Waals surface area contributed by atoms with Crippen LogP contribution in [0.3, 0.4) is 0 Å². The average molecular weight is 194 g/mol. The van der Waals surface area contributed by atoms with Gasteiger partial charge >= 0.3 is 0 Å². The molecule has 0 N–H and O–H groups in total. The van der Waals surface area contributed by atoms with E-state index in [1.54, 1.807) is 0 Å². The van der Waals surface area contributed by atoms with Crippen LogP contribution in [0.1, 0.15) is 41.0 Å². The second-order valence-electron chi connectivity index (χ2n) is 4.99. The van der Waals surface area contributed by atoms with Crippen molar-refractivity contribution in [3.63, 3.8) is 0 Å². The minimum absolute atomic E-state index is 0.0656. The molecule has 0 aliphatic heterocycles. The molecule has 0 aromatic rings. The van der Waals surface area contributed by atoms with Crippen LogP contribution in [-0.2, 0) is 4.79 Å². The Hall–Kier alpha value is -0.590. The molecule has 0 aromatic heterocycles. The van der Waals surface area contributed by atoms with Crippen LogP contribution in [0.4, 0.5) is 0 Å². The Kier molecular flexibility index (Phi) is 3.18. The summed E-state index contributed by atoms with van der Waals surface area (Å²) in [6.45, 7) is 10.6. The van der Waals surface area contributed by atoms with Gasteiger partial charge in [0.15, 0.2) is 0 Å². The van der Waals surface area contributed by atoms with Crippen molar-refractivity contribution in [1.82, 2.24) is 0 Å². The zero-order chi connectivity index (χ0) is 10.9. The fraction of sp³-hybridized carbons (Fsp3) is 0.769. The highest BCUT2D eigenvalue weighted by Crippen LogP contribution is 2.39. The number of allylic oxidation sites excluding steroid dienone is 2. The summed E-state index contributed by atoms with van der Waals surface area (Å²) in [4.78, 5) is 12.1. The van der Waals surface area contributed by atoms with Crippen LogP contribution >= 0.6 is 0 Å². The van der Waals surface area contributed by atoms with Gasteiger partial charge in [-0.1, -0.05) is 46.8 Å². The zero-order valence-corrected chi connectivity index (χ0v) is 10.0. The van der Waals surface area contributed by atoms with Crippen molar-refractivity contribution >= 4 is 5.78 Å². The first-order valence-electron chi connectivity index (χ1n) is 5.65. The summed E-state index contributed by atoms with van der Waals surface area (Å²) in [5, 5.41) is 0. The molecule has 0 saturated heterocycles. The molecule has 1 aliphatic rings. The molecule has 1 nitrogen and oxygen atoms in total. The third kappa shape index (κ3) is 1.77. The predicted octanol–water partition coefficient (Wildman–Crippen LogP) is 3.45. The zero-order valence-electron chi connectivity index (χ0n) is 10.0. The van der Waals surface area contributed by atoms with E-state index in [1.807, 2.05) is 0 Å². The summed E-state index contributed by atoms with van der Waals surface area (Å²) in [5.41, 5.74) is 0.0656. The molecular weight excluding hydrogens is 172 g/mol. The van der Waals surface area contributed by atoms with Crippen LogP contribution < -0.4 is 0 Å². The van der Waals surface area contributed by atoms with Gasteiger partial charge < -0.3 is 0 Å². The van der Waals surface area contributed by atoms with E-state index in [2.05, 4.69) is 46.8 Å². The highest BCUT2D eigenvalue weighted by Gasteiger charge is 2.37. The van der Waals surface area contributed by atoms with Gasteiger partial charge in [-0.15, -0.1) is 0 Å². The SMILES string of the molecule is CC[C@]1(C)C=CC(C)C(C)C(=O)C1C. The molecule has 80 valence electrons. The molecule has 0 fully saturated rings. The van der Waals surface area contributed by atoms with Crippen LogP contribution in [0.5, 0.6) is 0 Å². The topological polar surface area (TPSA) is 17.1 Å². The number of rotatable bonds is 1. The van der Waals surface area contributed by atoms with Crippen LogP contribution in [0.25, 0.3) is 0 Å². The maximum atomic E-state index is 12.1. The van der Waals surface area contributed by atoms with E-state index in [9.17, 15) is 4.79 Å². The maximum Gasteiger partial charge on any atom is 0.139 e. The van der Waals surface area contributed by atoms with Gasteiger partial charge in [-0.05, 0) is 17.8 Å². The average Bonchev–Trinajstić information content (AvgIpc) is 2.26. The molecule has 0 saturated carbocycles. The first kappa shape index (κ1) is 11.5. The van der Waals surface area contributed by atoms with E-state index in [4.69, 9.17) is 0 Å². The van der Waals surface area contributed by atoms with E-state index in [-0.39, 0.29) is 17.3 Å². The van der Waals surface area contributed by atoms with Crippen molar-refractivity contribution in [2.75, 3.05) is 0 Å². The summed E-state index contributed by atoms with van der Waals surface area (Å²) in [5.74, 6) is 1.14. The largest absolute Gasteiger partial charge is 0.299 e. The fourth-order valence-corrected chi connectivity index (χ4v) is 2.09. The molecule has 0 bridgehead atoms. The lowest BCUT2D eigenvalue weighted by Gasteiger charge is -2.30. The second-order valence-corrected chi connectivity index (χ2v) is 4.99. The first-order valence-corrected chi connectivity index (χ1v) is 5.65. The Morgan fingerprint density at radius 2 is 1.93 bits per heavy atom. The van der Waals surface area contributed by atoms with Crippen molar-refractivity contribution < 1.29 is 4.79 Å². The number of Topliss-reactive ketones (excluding diaryl/α,β-unsaturated/α-hetero) is 1. The van der Waals surface area contributed by atoms with E-state index in [0.29, 0.717) is 11.7 Å². The van der Waals surface area contributed by atoms with Crippen molar-refractivity contribution in [3.05, 3.63) is 12.2 Å². The summed E-state index contributed by atoms with van der Waals surface area (Å²) < 4.78 is 0. The maximum absolute atomic E-state index is 12.1. The summed E-state index contributed by atoms with van der Waals surface area (Å²) in [7, 11) is 0. The molecule has 0 aromatic carbocycles. The highest BCUT2D eigenvalue weighted by molar-refractivity contribution is 5.84. The number of hydrogen-bond donors (Lipinski definition) is 0. The molecule has 0 radical (unpaired) electrons. The molecule has 14 heavy (non-hydrogen) atoms. The van der Waals surface area contributed by atoms with E-state index in [1.165, 1.54) is 0 Å². The van der Waals surface area contributed by atoms with Crippen LogP contribution in [0, 0.1) is 23.2 Å². The number of hydrogen-bond acceptors (Lipinski definition) is 1. The van der Waals surface area contributed by atoms with Gasteiger partial charge in [0.1, 0.15) is 5.78 Å². The normalized spacial score (nSPS) is 43.8. The minimum atomic E-state index is 0.0656. The third-order valence-electron chi connectivity index (χ3n) is 4.20. The van der Waals surface area contributed by atoms with Gasteiger partial charge in [0.2, 0.25) is 0 Å². The van der Waals surface area contributed by atoms with Crippen molar-refractivity contribution in [1.29, 1.82) is 0 Å². The Bertz CT molecular complexity index is 254. The lowest BCUT2D eigenvalue weighted by molar-refractivity contribution is -0.129. The smallest absolute Gasteiger partial charge is 0.139 e. The Morgan fingerprint density at radius 1 is 1.36 bits per heavy atom. The fourth-order valence-electron chi connectivity index (χ4n) is 2.09. The highest BCUT2D eigenvalue weighted by atomic mass is 16.1. The predicted molar refractivity (Wildman–Crippen MR) is 60.0 cm³/mol. The molecule has 1 aliphatic carbocycles. The molecule has 0 amide bonds. The summed E-state index contributed by atoms with van der Waals surface area (Å²) >= 11 is 0. The monoisotopic (exact) mass is 194 g/mol. The molecule has 3 unspecified atom stereocenters. The number of ketones is 1. The van der Waals surface area contributed by atoms with Crippen LogP contribution in [0.2, 0.25) is 0 Å². The van der Waals surface area contributed by atoms with Crippen LogP contribution in [-0.4, -0.2) is 5.78 Å². The number of carbonyl (C=O) groups excluding carboxylic acids is 1. The second kappa shape index (κ2) is 3.88. The quantitative estimate of drug-likeness (QED) is 0.584. The third-order valence-corrected chi connectivity index (χ3v) is 4.20. The Balaban J connectivity index is 3.04. The standard InChI is InChI=1S/C13H22O/c1-6-13(5)8-7-9(2)10(3)12(14)11(13)4/h7-11H,6H2,1-5H3/t9?,10?,11?,13-/m1/s1. The van der Waals surface area contributed by atoms with Gasteiger partial charge in [-0.25, -0.2) is 0 Å². The van der Waals surface area contributed by atoms with Gasteiger partial charge in [0, 0.05) is 11.8 Å². The summed E-state index contributed by atoms with van der Waals surface area (Å²) in [6.07, 6.45) is 5.51. The van der Waals surface area contributed by atoms with E-state index in [0.717, 1.165) is 6.42 Å². The molecule has 0 heterocycles. The number of carbonyl (C=O) groups is 1. The van der Waals surface area contributed by atoms with Gasteiger partial charge in [0.25, 0.3) is 0 Å².